The molecule has 0 radical (unpaired) electrons. The standard InChI is InChI=1S/C11H12N4S/c12-9-5-13-11(14-6-9)15-3-1-10-8(7-15)2-4-16-10/h2,4-6H,1,3,7,12H2. The molecule has 0 atom stereocenters. The topological polar surface area (TPSA) is 55.0 Å². The summed E-state index contributed by atoms with van der Waals surface area (Å²) in [6, 6.07) is 2.18. The van der Waals surface area contributed by atoms with Gasteiger partial charge < -0.3 is 10.6 Å². The highest BCUT2D eigenvalue weighted by atomic mass is 32.1. The first-order chi connectivity index (χ1) is 7.83. The summed E-state index contributed by atoms with van der Waals surface area (Å²) in [6.45, 7) is 1.89. The van der Waals surface area contributed by atoms with Crippen LogP contribution in [0.5, 0.6) is 0 Å². The fourth-order valence-corrected chi connectivity index (χ4v) is 2.80. The zero-order valence-corrected chi connectivity index (χ0v) is 9.57. The zero-order chi connectivity index (χ0) is 11.0. The molecular formula is C11H12N4S. The molecule has 0 saturated carbocycles. The number of nitrogens with two attached hydrogens (primary N) is 1. The lowest BCUT2D eigenvalue weighted by atomic mass is 10.1. The van der Waals surface area contributed by atoms with Crippen molar-refractivity contribution in [1.29, 1.82) is 0 Å². The number of hydrogen-bond acceptors (Lipinski definition) is 5. The van der Waals surface area contributed by atoms with Crippen molar-refractivity contribution < 1.29 is 0 Å². The third-order valence-corrected chi connectivity index (χ3v) is 3.77. The van der Waals surface area contributed by atoms with Gasteiger partial charge in [-0.2, -0.15) is 0 Å². The number of aromatic nitrogens is 2. The molecule has 4 nitrogen and oxygen atoms in total. The van der Waals surface area contributed by atoms with Crippen LogP contribution in [0.3, 0.4) is 0 Å². The van der Waals surface area contributed by atoms with Crippen molar-refractivity contribution >= 4 is 23.0 Å². The second kappa shape index (κ2) is 3.75. The minimum absolute atomic E-state index is 0.608. The summed E-state index contributed by atoms with van der Waals surface area (Å²) in [4.78, 5) is 12.2. The molecular weight excluding hydrogens is 220 g/mol. The lowest BCUT2D eigenvalue weighted by molar-refractivity contribution is 0.718. The lowest BCUT2D eigenvalue weighted by Gasteiger charge is -2.26. The number of thiophene rings is 1. The summed E-state index contributed by atoms with van der Waals surface area (Å²) in [6.07, 6.45) is 4.40. The van der Waals surface area contributed by atoms with Crippen LogP contribution in [0.15, 0.2) is 23.8 Å². The van der Waals surface area contributed by atoms with Gasteiger partial charge in [-0.1, -0.05) is 0 Å². The fraction of sp³-hybridized carbons (Fsp3) is 0.273. The van der Waals surface area contributed by atoms with E-state index in [0.29, 0.717) is 5.69 Å². The third-order valence-electron chi connectivity index (χ3n) is 2.75. The largest absolute Gasteiger partial charge is 0.396 e. The first kappa shape index (κ1) is 9.59. The van der Waals surface area contributed by atoms with Crippen molar-refractivity contribution in [3.63, 3.8) is 0 Å². The third kappa shape index (κ3) is 1.63. The fourth-order valence-electron chi connectivity index (χ4n) is 1.91. The molecule has 3 rings (SSSR count). The molecule has 0 saturated heterocycles. The van der Waals surface area contributed by atoms with E-state index in [1.54, 1.807) is 12.4 Å². The predicted octanol–water partition coefficient (Wildman–Crippen LogP) is 1.68. The molecule has 1 aliphatic heterocycles. The van der Waals surface area contributed by atoms with Crippen LogP contribution in [-0.2, 0) is 13.0 Å². The van der Waals surface area contributed by atoms with Crippen LogP contribution in [0.25, 0.3) is 0 Å². The maximum Gasteiger partial charge on any atom is 0.225 e. The van der Waals surface area contributed by atoms with Crippen LogP contribution in [0, 0.1) is 0 Å². The zero-order valence-electron chi connectivity index (χ0n) is 8.76. The average Bonchev–Trinajstić information content (AvgIpc) is 2.77. The Kier molecular flexibility index (Phi) is 2.25. The Labute approximate surface area is 97.8 Å². The Balaban J connectivity index is 1.86. The van der Waals surface area contributed by atoms with E-state index in [2.05, 4.69) is 26.3 Å². The summed E-state index contributed by atoms with van der Waals surface area (Å²) >= 11 is 1.84. The van der Waals surface area contributed by atoms with Crippen LogP contribution in [0.4, 0.5) is 11.6 Å². The molecule has 82 valence electrons. The molecule has 0 bridgehead atoms. The highest BCUT2D eigenvalue weighted by Crippen LogP contribution is 2.25. The molecule has 2 aromatic rings. The Morgan fingerprint density at radius 3 is 2.94 bits per heavy atom. The molecule has 0 spiro atoms. The summed E-state index contributed by atoms with van der Waals surface area (Å²) in [5.74, 6) is 0.769. The maximum absolute atomic E-state index is 5.57. The normalized spacial score (nSPS) is 14.9. The van der Waals surface area contributed by atoms with E-state index in [-0.39, 0.29) is 0 Å². The molecule has 0 aliphatic carbocycles. The van der Waals surface area contributed by atoms with Crippen molar-refractivity contribution in [2.75, 3.05) is 17.2 Å². The van der Waals surface area contributed by atoms with Gasteiger partial charge in [0.1, 0.15) is 0 Å². The molecule has 2 aromatic heterocycles. The molecule has 3 heterocycles. The van der Waals surface area contributed by atoms with E-state index in [9.17, 15) is 0 Å². The smallest absolute Gasteiger partial charge is 0.225 e. The lowest BCUT2D eigenvalue weighted by Crippen LogP contribution is -2.30. The number of rotatable bonds is 1. The molecule has 0 amide bonds. The van der Waals surface area contributed by atoms with E-state index in [1.807, 2.05) is 11.3 Å². The average molecular weight is 232 g/mol. The van der Waals surface area contributed by atoms with Crippen LogP contribution in [0.2, 0.25) is 0 Å². The number of fused-ring (bicyclic) bond motifs is 1. The van der Waals surface area contributed by atoms with E-state index in [4.69, 9.17) is 5.73 Å². The van der Waals surface area contributed by atoms with Crippen LogP contribution < -0.4 is 10.6 Å². The van der Waals surface area contributed by atoms with Crippen LogP contribution in [-0.4, -0.2) is 16.5 Å². The van der Waals surface area contributed by atoms with Gasteiger partial charge in [-0.05, 0) is 23.4 Å². The highest BCUT2D eigenvalue weighted by Gasteiger charge is 2.18. The van der Waals surface area contributed by atoms with Gasteiger partial charge in [0.25, 0.3) is 0 Å². The van der Waals surface area contributed by atoms with Crippen LogP contribution >= 0.6 is 11.3 Å². The van der Waals surface area contributed by atoms with E-state index in [1.165, 1.54) is 10.4 Å². The van der Waals surface area contributed by atoms with Gasteiger partial charge in [-0.3, -0.25) is 0 Å². The predicted molar refractivity (Wildman–Crippen MR) is 65.5 cm³/mol. The second-order valence-electron chi connectivity index (χ2n) is 3.86. The van der Waals surface area contributed by atoms with Gasteiger partial charge >= 0.3 is 0 Å². The van der Waals surface area contributed by atoms with Gasteiger partial charge in [-0.15, -0.1) is 11.3 Å². The SMILES string of the molecule is Nc1cnc(N2CCc3sccc3C2)nc1. The molecule has 2 N–H and O–H groups in total. The Hall–Kier alpha value is -1.62. The van der Waals surface area contributed by atoms with Gasteiger partial charge in [0, 0.05) is 18.0 Å². The molecule has 0 aromatic carbocycles. The van der Waals surface area contributed by atoms with Gasteiger partial charge in [-0.25, -0.2) is 9.97 Å². The maximum atomic E-state index is 5.57. The molecule has 0 fully saturated rings. The number of nitrogen functional groups attached to an aromatic ring is 1. The van der Waals surface area contributed by atoms with E-state index >= 15 is 0 Å². The van der Waals surface area contributed by atoms with Gasteiger partial charge in [0.15, 0.2) is 0 Å². The Morgan fingerprint density at radius 2 is 2.12 bits per heavy atom. The summed E-state index contributed by atoms with van der Waals surface area (Å²) in [5, 5.41) is 2.15. The second-order valence-corrected chi connectivity index (χ2v) is 4.86. The van der Waals surface area contributed by atoms with Crippen molar-refractivity contribution in [3.05, 3.63) is 34.3 Å². The van der Waals surface area contributed by atoms with Crippen LogP contribution in [0.1, 0.15) is 10.4 Å². The summed E-state index contributed by atoms with van der Waals surface area (Å²) in [5.41, 5.74) is 7.58. The number of hydrogen-bond donors (Lipinski definition) is 1. The minimum atomic E-state index is 0.608. The summed E-state index contributed by atoms with van der Waals surface area (Å²) in [7, 11) is 0. The molecule has 0 unspecified atom stereocenters. The molecule has 5 heteroatoms. The van der Waals surface area contributed by atoms with Crippen molar-refractivity contribution in [2.24, 2.45) is 0 Å². The van der Waals surface area contributed by atoms with Crippen molar-refractivity contribution in [2.45, 2.75) is 13.0 Å². The quantitative estimate of drug-likeness (QED) is 0.812. The molecule has 1 aliphatic rings. The van der Waals surface area contributed by atoms with Gasteiger partial charge in [0.05, 0.1) is 18.1 Å². The highest BCUT2D eigenvalue weighted by molar-refractivity contribution is 7.10. The molecule has 16 heavy (non-hydrogen) atoms. The van der Waals surface area contributed by atoms with E-state index < -0.39 is 0 Å². The van der Waals surface area contributed by atoms with Crippen molar-refractivity contribution in [1.82, 2.24) is 9.97 Å². The summed E-state index contributed by atoms with van der Waals surface area (Å²) < 4.78 is 0. The Bertz CT molecular complexity index is 491. The first-order valence-electron chi connectivity index (χ1n) is 5.20. The first-order valence-corrected chi connectivity index (χ1v) is 6.08. The van der Waals surface area contributed by atoms with Crippen molar-refractivity contribution in [3.8, 4) is 0 Å². The monoisotopic (exact) mass is 232 g/mol. The van der Waals surface area contributed by atoms with Gasteiger partial charge in [0.2, 0.25) is 5.95 Å². The van der Waals surface area contributed by atoms with E-state index in [0.717, 1.165) is 25.5 Å². The minimum Gasteiger partial charge on any atom is -0.396 e. The number of anilines is 2. The Morgan fingerprint density at radius 1 is 1.31 bits per heavy atom. The number of nitrogens with zero attached hydrogens (tertiary/aromatic N) is 3.